The van der Waals surface area contributed by atoms with Crippen molar-refractivity contribution in [2.24, 2.45) is 0 Å². The predicted octanol–water partition coefficient (Wildman–Crippen LogP) is 2.91. The van der Waals surface area contributed by atoms with Crippen LogP contribution in [0.4, 0.5) is 0 Å². The van der Waals surface area contributed by atoms with Gasteiger partial charge in [0, 0.05) is 17.1 Å². The molecule has 0 radical (unpaired) electrons. The first kappa shape index (κ1) is 13.6. The first-order chi connectivity index (χ1) is 8.65. The normalized spacial score (nSPS) is 14.9. The minimum atomic E-state index is 0.642. The van der Waals surface area contributed by atoms with Gasteiger partial charge in [-0.25, -0.2) is 0 Å². The van der Waals surface area contributed by atoms with Crippen LogP contribution in [-0.4, -0.2) is 37.9 Å². The molecule has 0 heterocycles. The molecule has 3 nitrogen and oxygen atoms in total. The second kappa shape index (κ2) is 5.85. The molecule has 0 unspecified atom stereocenters. The van der Waals surface area contributed by atoms with Gasteiger partial charge in [-0.2, -0.15) is 0 Å². The Hall–Kier alpha value is -0.870. The lowest BCUT2D eigenvalue weighted by atomic mass is 10.0. The van der Waals surface area contributed by atoms with Crippen molar-refractivity contribution in [1.82, 2.24) is 4.90 Å². The fraction of sp³-hybridized carbons (Fsp3) is 0.500. The summed E-state index contributed by atoms with van der Waals surface area (Å²) in [5.74, 6) is 0.642. The summed E-state index contributed by atoms with van der Waals surface area (Å²) in [6.07, 6.45) is 4.37. The number of methoxy groups -OCH3 is 1. The highest BCUT2D eigenvalue weighted by Crippen LogP contribution is 2.28. The molecule has 1 aliphatic rings. The molecule has 0 N–H and O–H groups in total. The standard InChI is InChI=1S/C14H18BrNO2/c1-16(12-3-4-12)6-5-10-7-11(15)8-14(18-2)13(10)9-17/h7-9,12H,3-6H2,1-2H3. The van der Waals surface area contributed by atoms with E-state index in [0.717, 1.165) is 35.3 Å². The van der Waals surface area contributed by atoms with E-state index in [0.29, 0.717) is 11.3 Å². The highest BCUT2D eigenvalue weighted by atomic mass is 79.9. The number of ether oxygens (including phenoxy) is 1. The van der Waals surface area contributed by atoms with E-state index in [-0.39, 0.29) is 0 Å². The number of hydrogen-bond acceptors (Lipinski definition) is 3. The van der Waals surface area contributed by atoms with Gasteiger partial charge in [0.1, 0.15) is 5.75 Å². The van der Waals surface area contributed by atoms with Crippen LogP contribution in [0.2, 0.25) is 0 Å². The number of nitrogens with zero attached hydrogens (tertiary/aromatic N) is 1. The molecule has 98 valence electrons. The van der Waals surface area contributed by atoms with E-state index in [2.05, 4.69) is 27.9 Å². The lowest BCUT2D eigenvalue weighted by molar-refractivity contribution is 0.111. The van der Waals surface area contributed by atoms with Crippen LogP contribution in [0.15, 0.2) is 16.6 Å². The Labute approximate surface area is 116 Å². The molecule has 1 aromatic carbocycles. The molecule has 18 heavy (non-hydrogen) atoms. The average molecular weight is 312 g/mol. The van der Waals surface area contributed by atoms with Crippen LogP contribution in [0.5, 0.6) is 5.75 Å². The Kier molecular flexibility index (Phi) is 4.40. The molecule has 1 saturated carbocycles. The summed E-state index contributed by atoms with van der Waals surface area (Å²) >= 11 is 3.46. The van der Waals surface area contributed by atoms with Crippen molar-refractivity contribution in [2.75, 3.05) is 20.7 Å². The molecule has 0 spiro atoms. The van der Waals surface area contributed by atoms with Crippen molar-refractivity contribution in [3.05, 3.63) is 27.7 Å². The maximum absolute atomic E-state index is 11.2. The summed E-state index contributed by atoms with van der Waals surface area (Å²) in [5.41, 5.74) is 1.72. The Bertz CT molecular complexity index is 444. The monoisotopic (exact) mass is 311 g/mol. The zero-order valence-corrected chi connectivity index (χ0v) is 12.4. The highest BCUT2D eigenvalue weighted by Gasteiger charge is 2.25. The number of hydrogen-bond donors (Lipinski definition) is 0. The SMILES string of the molecule is COc1cc(Br)cc(CCN(C)C2CC2)c1C=O. The molecule has 0 amide bonds. The fourth-order valence-corrected chi connectivity index (χ4v) is 2.64. The molecule has 0 bridgehead atoms. The van der Waals surface area contributed by atoms with Crippen LogP contribution in [0.3, 0.4) is 0 Å². The van der Waals surface area contributed by atoms with Gasteiger partial charge in [-0.3, -0.25) is 4.79 Å². The first-order valence-corrected chi connectivity index (χ1v) is 6.97. The molecule has 1 aliphatic carbocycles. The molecule has 0 aliphatic heterocycles. The van der Waals surface area contributed by atoms with Crippen molar-refractivity contribution < 1.29 is 9.53 Å². The van der Waals surface area contributed by atoms with E-state index in [9.17, 15) is 4.79 Å². The van der Waals surface area contributed by atoms with Crippen LogP contribution in [-0.2, 0) is 6.42 Å². The highest BCUT2D eigenvalue weighted by molar-refractivity contribution is 9.10. The second-order valence-corrected chi connectivity index (χ2v) is 5.68. The summed E-state index contributed by atoms with van der Waals surface area (Å²) in [7, 11) is 3.74. The molecular weight excluding hydrogens is 294 g/mol. The van der Waals surface area contributed by atoms with Crippen molar-refractivity contribution in [3.8, 4) is 5.75 Å². The topological polar surface area (TPSA) is 29.5 Å². The van der Waals surface area contributed by atoms with Crippen LogP contribution in [0, 0.1) is 0 Å². The third-order valence-corrected chi connectivity index (χ3v) is 3.89. The second-order valence-electron chi connectivity index (χ2n) is 4.76. The molecule has 2 rings (SSSR count). The van der Waals surface area contributed by atoms with Gasteiger partial charge < -0.3 is 9.64 Å². The van der Waals surface area contributed by atoms with Crippen LogP contribution in [0.1, 0.15) is 28.8 Å². The van der Waals surface area contributed by atoms with E-state index < -0.39 is 0 Å². The fourth-order valence-electron chi connectivity index (χ4n) is 2.15. The number of benzene rings is 1. The number of aldehydes is 1. The molecule has 1 aromatic rings. The lowest BCUT2D eigenvalue weighted by Crippen LogP contribution is -2.23. The summed E-state index contributed by atoms with van der Waals surface area (Å²) in [6, 6.07) is 4.59. The Balaban J connectivity index is 2.14. The molecule has 0 saturated heterocycles. The van der Waals surface area contributed by atoms with E-state index >= 15 is 0 Å². The Morgan fingerprint density at radius 1 is 1.50 bits per heavy atom. The van der Waals surface area contributed by atoms with Gasteiger partial charge in [0.05, 0.1) is 12.7 Å². The summed E-state index contributed by atoms with van der Waals surface area (Å²) < 4.78 is 6.20. The van der Waals surface area contributed by atoms with Crippen LogP contribution < -0.4 is 4.74 Å². The van der Waals surface area contributed by atoms with E-state index in [1.807, 2.05) is 12.1 Å². The summed E-state index contributed by atoms with van der Waals surface area (Å²) in [6.45, 7) is 0.977. The smallest absolute Gasteiger partial charge is 0.154 e. The predicted molar refractivity (Wildman–Crippen MR) is 75.4 cm³/mol. The number of halogens is 1. The molecular formula is C14H18BrNO2. The minimum absolute atomic E-state index is 0.642. The lowest BCUT2D eigenvalue weighted by Gasteiger charge is -2.17. The molecule has 0 atom stereocenters. The molecule has 4 heteroatoms. The number of carbonyl (C=O) groups is 1. The van der Waals surface area contributed by atoms with E-state index in [1.54, 1.807) is 7.11 Å². The summed E-state index contributed by atoms with van der Waals surface area (Å²) in [5, 5.41) is 0. The zero-order valence-electron chi connectivity index (χ0n) is 10.8. The third kappa shape index (κ3) is 3.12. The van der Waals surface area contributed by atoms with Gasteiger partial charge in [0.15, 0.2) is 6.29 Å². The van der Waals surface area contributed by atoms with Gasteiger partial charge in [-0.15, -0.1) is 0 Å². The quantitative estimate of drug-likeness (QED) is 0.757. The van der Waals surface area contributed by atoms with Gasteiger partial charge in [-0.1, -0.05) is 15.9 Å². The van der Waals surface area contributed by atoms with Gasteiger partial charge >= 0.3 is 0 Å². The van der Waals surface area contributed by atoms with E-state index in [4.69, 9.17) is 4.74 Å². The van der Waals surface area contributed by atoms with Crippen molar-refractivity contribution in [1.29, 1.82) is 0 Å². The Morgan fingerprint density at radius 3 is 2.78 bits per heavy atom. The van der Waals surface area contributed by atoms with Crippen molar-refractivity contribution in [2.45, 2.75) is 25.3 Å². The maximum atomic E-state index is 11.2. The maximum Gasteiger partial charge on any atom is 0.154 e. The van der Waals surface area contributed by atoms with E-state index in [1.165, 1.54) is 12.8 Å². The van der Waals surface area contributed by atoms with Crippen molar-refractivity contribution in [3.63, 3.8) is 0 Å². The van der Waals surface area contributed by atoms with Gasteiger partial charge in [0.25, 0.3) is 0 Å². The minimum Gasteiger partial charge on any atom is -0.496 e. The molecule has 0 aromatic heterocycles. The third-order valence-electron chi connectivity index (χ3n) is 3.43. The Morgan fingerprint density at radius 2 is 2.22 bits per heavy atom. The molecule has 1 fully saturated rings. The number of rotatable bonds is 6. The van der Waals surface area contributed by atoms with Crippen molar-refractivity contribution >= 4 is 22.2 Å². The zero-order chi connectivity index (χ0) is 13.1. The summed E-state index contributed by atoms with van der Waals surface area (Å²) in [4.78, 5) is 13.6. The largest absolute Gasteiger partial charge is 0.496 e. The van der Waals surface area contributed by atoms with Gasteiger partial charge in [0.2, 0.25) is 0 Å². The van der Waals surface area contributed by atoms with Crippen LogP contribution in [0.25, 0.3) is 0 Å². The van der Waals surface area contributed by atoms with Gasteiger partial charge in [-0.05, 0) is 44.0 Å². The number of likely N-dealkylation sites (N-methyl/N-ethyl adjacent to an activating group) is 1. The average Bonchev–Trinajstić information content (AvgIpc) is 3.19. The van der Waals surface area contributed by atoms with Crippen LogP contribution >= 0.6 is 15.9 Å². The number of carbonyl (C=O) groups excluding carboxylic acids is 1. The first-order valence-electron chi connectivity index (χ1n) is 6.17.